The molecule has 144 valence electrons. The van der Waals surface area contributed by atoms with E-state index in [1.165, 1.54) is 11.9 Å². The van der Waals surface area contributed by atoms with Crippen molar-refractivity contribution >= 4 is 17.3 Å². The SMILES string of the molecule is CN1CCN(c2ccc(N/C=C(/C#N)C(=O)NCc3ccccc3)cc2)CC1. The lowest BCUT2D eigenvalue weighted by molar-refractivity contribution is -0.117. The third kappa shape index (κ3) is 5.35. The molecule has 1 saturated heterocycles. The first-order chi connectivity index (χ1) is 13.7. The van der Waals surface area contributed by atoms with Gasteiger partial charge in [0.2, 0.25) is 0 Å². The molecule has 0 radical (unpaired) electrons. The number of piperazine rings is 1. The molecular formula is C22H25N5O. The number of carbonyl (C=O) groups is 1. The molecule has 0 spiro atoms. The molecule has 1 fully saturated rings. The fraction of sp³-hybridized carbons (Fsp3) is 0.273. The van der Waals surface area contributed by atoms with Gasteiger partial charge >= 0.3 is 0 Å². The van der Waals surface area contributed by atoms with Gasteiger partial charge in [-0.15, -0.1) is 0 Å². The van der Waals surface area contributed by atoms with Gasteiger partial charge in [0.05, 0.1) is 0 Å². The monoisotopic (exact) mass is 375 g/mol. The highest BCUT2D eigenvalue weighted by Gasteiger charge is 2.14. The van der Waals surface area contributed by atoms with Crippen LogP contribution in [0.2, 0.25) is 0 Å². The molecule has 0 saturated carbocycles. The van der Waals surface area contributed by atoms with Gasteiger partial charge in [0, 0.05) is 50.3 Å². The first-order valence-electron chi connectivity index (χ1n) is 9.38. The number of carbonyl (C=O) groups excluding carboxylic acids is 1. The van der Waals surface area contributed by atoms with Crippen LogP contribution in [0.1, 0.15) is 5.56 Å². The van der Waals surface area contributed by atoms with Gasteiger partial charge in [-0.25, -0.2) is 0 Å². The molecule has 1 aliphatic heterocycles. The standard InChI is InChI=1S/C22H25N5O/c1-26-11-13-27(14-12-26)21-9-7-20(8-10-21)24-17-19(15-23)22(28)25-16-18-5-3-2-4-6-18/h2-10,17,24H,11-14,16H2,1H3,(H,25,28)/b19-17-. The van der Waals surface area contributed by atoms with Crippen LogP contribution in [0.3, 0.4) is 0 Å². The van der Waals surface area contributed by atoms with Crippen molar-refractivity contribution in [2.75, 3.05) is 43.4 Å². The first kappa shape index (κ1) is 19.5. The number of amides is 1. The summed E-state index contributed by atoms with van der Waals surface area (Å²) in [6.07, 6.45) is 1.45. The lowest BCUT2D eigenvalue weighted by atomic mass is 10.2. The van der Waals surface area contributed by atoms with E-state index in [1.807, 2.05) is 48.5 Å². The molecule has 6 heteroatoms. The largest absolute Gasteiger partial charge is 0.369 e. The molecule has 0 unspecified atom stereocenters. The Morgan fingerprint density at radius 1 is 1.07 bits per heavy atom. The Hall–Kier alpha value is -3.30. The van der Waals surface area contributed by atoms with Crippen LogP contribution < -0.4 is 15.5 Å². The summed E-state index contributed by atoms with van der Waals surface area (Å²) in [6, 6.07) is 19.6. The van der Waals surface area contributed by atoms with Crippen LogP contribution in [0.4, 0.5) is 11.4 Å². The number of nitrogens with zero attached hydrogens (tertiary/aromatic N) is 3. The highest BCUT2D eigenvalue weighted by Crippen LogP contribution is 2.19. The van der Waals surface area contributed by atoms with Crippen LogP contribution in [-0.4, -0.2) is 44.0 Å². The number of hydrogen-bond donors (Lipinski definition) is 2. The molecule has 2 aromatic carbocycles. The third-order valence-corrected chi connectivity index (χ3v) is 4.78. The van der Waals surface area contributed by atoms with Gasteiger partial charge in [-0.05, 0) is 36.9 Å². The first-order valence-corrected chi connectivity index (χ1v) is 9.38. The van der Waals surface area contributed by atoms with E-state index in [0.29, 0.717) is 6.54 Å². The quantitative estimate of drug-likeness (QED) is 0.600. The van der Waals surface area contributed by atoms with Crippen LogP contribution >= 0.6 is 0 Å². The Bertz CT molecular complexity index is 847. The van der Waals surface area contributed by atoms with Gasteiger partial charge in [0.1, 0.15) is 11.6 Å². The van der Waals surface area contributed by atoms with Crippen molar-refractivity contribution in [3.05, 3.63) is 71.9 Å². The fourth-order valence-corrected chi connectivity index (χ4v) is 3.01. The zero-order valence-corrected chi connectivity index (χ0v) is 16.1. The molecule has 0 atom stereocenters. The predicted octanol–water partition coefficient (Wildman–Crippen LogP) is 2.57. The van der Waals surface area contributed by atoms with E-state index in [4.69, 9.17) is 0 Å². The Morgan fingerprint density at radius 3 is 2.39 bits per heavy atom. The Kier molecular flexibility index (Phi) is 6.66. The Labute approximate surface area is 166 Å². The van der Waals surface area contributed by atoms with Crippen molar-refractivity contribution in [3.8, 4) is 6.07 Å². The number of rotatable bonds is 6. The lowest BCUT2D eigenvalue weighted by Crippen LogP contribution is -2.44. The van der Waals surface area contributed by atoms with E-state index in [1.54, 1.807) is 0 Å². The zero-order valence-electron chi connectivity index (χ0n) is 16.1. The van der Waals surface area contributed by atoms with E-state index in [-0.39, 0.29) is 5.57 Å². The highest BCUT2D eigenvalue weighted by atomic mass is 16.1. The number of nitrogens with one attached hydrogen (secondary N) is 2. The summed E-state index contributed by atoms with van der Waals surface area (Å²) in [5.74, 6) is -0.395. The summed E-state index contributed by atoms with van der Waals surface area (Å²) in [6.45, 7) is 4.55. The molecule has 6 nitrogen and oxygen atoms in total. The summed E-state index contributed by atoms with van der Waals surface area (Å²) in [4.78, 5) is 16.9. The minimum atomic E-state index is -0.395. The van der Waals surface area contributed by atoms with E-state index in [9.17, 15) is 10.1 Å². The summed E-state index contributed by atoms with van der Waals surface area (Å²) in [5.41, 5.74) is 3.05. The molecule has 2 aromatic rings. The summed E-state index contributed by atoms with van der Waals surface area (Å²) in [5, 5.41) is 15.1. The summed E-state index contributed by atoms with van der Waals surface area (Å²) in [7, 11) is 2.14. The topological polar surface area (TPSA) is 71.4 Å². The van der Waals surface area contributed by atoms with Gasteiger partial charge in [-0.1, -0.05) is 30.3 Å². The second-order valence-electron chi connectivity index (χ2n) is 6.82. The number of anilines is 2. The Balaban J connectivity index is 1.55. The van der Waals surface area contributed by atoms with Crippen LogP contribution in [0.15, 0.2) is 66.4 Å². The maximum atomic E-state index is 12.2. The molecule has 28 heavy (non-hydrogen) atoms. The van der Waals surface area contributed by atoms with Crippen molar-refractivity contribution in [3.63, 3.8) is 0 Å². The molecular weight excluding hydrogens is 350 g/mol. The molecule has 0 bridgehead atoms. The smallest absolute Gasteiger partial charge is 0.263 e. The number of benzene rings is 2. The molecule has 0 aromatic heterocycles. The molecule has 3 rings (SSSR count). The average Bonchev–Trinajstić information content (AvgIpc) is 2.74. The molecule has 2 N–H and O–H groups in total. The number of nitriles is 1. The fourth-order valence-electron chi connectivity index (χ4n) is 3.01. The second kappa shape index (κ2) is 9.58. The molecule has 0 aliphatic carbocycles. The predicted molar refractivity (Wildman–Crippen MR) is 112 cm³/mol. The van der Waals surface area contributed by atoms with Crippen LogP contribution in [0, 0.1) is 11.3 Å². The van der Waals surface area contributed by atoms with Crippen molar-refractivity contribution < 1.29 is 4.79 Å². The van der Waals surface area contributed by atoms with Gasteiger partial charge < -0.3 is 20.4 Å². The van der Waals surface area contributed by atoms with Gasteiger partial charge in [-0.2, -0.15) is 5.26 Å². The maximum absolute atomic E-state index is 12.2. The third-order valence-electron chi connectivity index (χ3n) is 4.78. The van der Waals surface area contributed by atoms with Crippen molar-refractivity contribution in [2.24, 2.45) is 0 Å². The lowest BCUT2D eigenvalue weighted by Gasteiger charge is -2.34. The zero-order chi connectivity index (χ0) is 19.8. The highest BCUT2D eigenvalue weighted by molar-refractivity contribution is 5.97. The minimum absolute atomic E-state index is 0.0408. The molecule has 1 heterocycles. The van der Waals surface area contributed by atoms with E-state index < -0.39 is 5.91 Å². The average molecular weight is 375 g/mol. The molecule has 1 amide bonds. The van der Waals surface area contributed by atoms with Crippen LogP contribution in [-0.2, 0) is 11.3 Å². The van der Waals surface area contributed by atoms with Crippen molar-refractivity contribution in [2.45, 2.75) is 6.54 Å². The molecule has 1 aliphatic rings. The number of likely N-dealkylation sites (N-methyl/N-ethyl adjacent to an activating group) is 1. The normalized spacial score (nSPS) is 15.0. The van der Waals surface area contributed by atoms with Crippen molar-refractivity contribution in [1.82, 2.24) is 10.2 Å². The van der Waals surface area contributed by atoms with E-state index in [2.05, 4.69) is 39.6 Å². The summed E-state index contributed by atoms with van der Waals surface area (Å²) >= 11 is 0. The van der Waals surface area contributed by atoms with Crippen LogP contribution in [0.25, 0.3) is 0 Å². The van der Waals surface area contributed by atoms with Crippen LogP contribution in [0.5, 0.6) is 0 Å². The number of hydrogen-bond acceptors (Lipinski definition) is 5. The van der Waals surface area contributed by atoms with Gasteiger partial charge in [0.25, 0.3) is 5.91 Å². The van der Waals surface area contributed by atoms with Gasteiger partial charge in [0.15, 0.2) is 0 Å². The second-order valence-corrected chi connectivity index (χ2v) is 6.82. The minimum Gasteiger partial charge on any atom is -0.369 e. The Morgan fingerprint density at radius 2 is 1.75 bits per heavy atom. The van der Waals surface area contributed by atoms with E-state index in [0.717, 1.165) is 37.4 Å². The van der Waals surface area contributed by atoms with Crippen molar-refractivity contribution in [1.29, 1.82) is 5.26 Å². The summed E-state index contributed by atoms with van der Waals surface area (Å²) < 4.78 is 0. The maximum Gasteiger partial charge on any atom is 0.263 e. The van der Waals surface area contributed by atoms with Gasteiger partial charge in [-0.3, -0.25) is 4.79 Å². The van der Waals surface area contributed by atoms with E-state index >= 15 is 0 Å².